The van der Waals surface area contributed by atoms with E-state index in [0.717, 1.165) is 12.4 Å². The quantitative estimate of drug-likeness (QED) is 0.886. The molecule has 2 aromatic rings. The van der Waals surface area contributed by atoms with Crippen LogP contribution in [0.4, 0.5) is 11.5 Å². The summed E-state index contributed by atoms with van der Waals surface area (Å²) in [5, 5.41) is 4.30. The Bertz CT molecular complexity index is 567. The highest BCUT2D eigenvalue weighted by Gasteiger charge is 2.30. The molecule has 0 radical (unpaired) electrons. The maximum atomic E-state index is 5.90. The molecule has 4 nitrogen and oxygen atoms in total. The van der Waals surface area contributed by atoms with Crippen LogP contribution in [0.25, 0.3) is 0 Å². The van der Waals surface area contributed by atoms with Crippen LogP contribution in [-0.2, 0) is 6.54 Å². The fourth-order valence-electron chi connectivity index (χ4n) is 2.22. The molecule has 2 heterocycles. The first-order chi connectivity index (χ1) is 9.78. The van der Waals surface area contributed by atoms with E-state index in [9.17, 15) is 0 Å². The van der Waals surface area contributed by atoms with Gasteiger partial charge in [0.15, 0.2) is 0 Å². The number of ether oxygens (including phenoxy) is 1. The number of rotatable bonds is 6. The van der Waals surface area contributed by atoms with Gasteiger partial charge in [-0.05, 0) is 54.3 Å². The summed E-state index contributed by atoms with van der Waals surface area (Å²) < 4.78 is 5.50. The fourth-order valence-corrected chi connectivity index (χ4v) is 2.88. The van der Waals surface area contributed by atoms with E-state index in [2.05, 4.69) is 26.7 Å². The van der Waals surface area contributed by atoms with Gasteiger partial charge in [0.2, 0.25) is 5.88 Å². The molecule has 0 amide bonds. The summed E-state index contributed by atoms with van der Waals surface area (Å²) in [6, 6.07) is 6.64. The Kier molecular flexibility index (Phi) is 3.78. The Labute approximate surface area is 123 Å². The van der Waals surface area contributed by atoms with Crippen molar-refractivity contribution in [3.8, 4) is 5.88 Å². The smallest absolute Gasteiger partial charge is 0.239 e. The lowest BCUT2D eigenvalue weighted by atomic mass is 10.3. The highest BCUT2D eigenvalue weighted by molar-refractivity contribution is 7.07. The molecule has 1 aliphatic carbocycles. The molecule has 1 aliphatic rings. The van der Waals surface area contributed by atoms with E-state index < -0.39 is 0 Å². The van der Waals surface area contributed by atoms with E-state index in [4.69, 9.17) is 10.5 Å². The molecule has 106 valence electrons. The third kappa shape index (κ3) is 2.88. The van der Waals surface area contributed by atoms with Gasteiger partial charge < -0.3 is 15.4 Å². The standard InChI is InChI=1S/C15H19N3OS/c1-2-19-15-13(16)5-6-14(17-15)18(12-3-4-12)9-11-7-8-20-10-11/h5-8,10,12H,2-4,9,16H2,1H3. The molecule has 0 atom stereocenters. The Morgan fingerprint density at radius 2 is 2.25 bits per heavy atom. The predicted octanol–water partition coefficient (Wildman–Crippen LogP) is 3.29. The van der Waals surface area contributed by atoms with Crippen LogP contribution in [0.2, 0.25) is 0 Å². The van der Waals surface area contributed by atoms with Gasteiger partial charge in [0, 0.05) is 12.6 Å². The van der Waals surface area contributed by atoms with Crippen molar-refractivity contribution in [3.05, 3.63) is 34.5 Å². The molecule has 2 aromatic heterocycles. The highest BCUT2D eigenvalue weighted by Crippen LogP contribution is 2.34. The molecule has 0 spiro atoms. The van der Waals surface area contributed by atoms with Crippen LogP contribution in [0, 0.1) is 0 Å². The molecule has 1 saturated carbocycles. The Morgan fingerprint density at radius 3 is 2.90 bits per heavy atom. The van der Waals surface area contributed by atoms with Crippen LogP contribution in [0.1, 0.15) is 25.3 Å². The van der Waals surface area contributed by atoms with E-state index >= 15 is 0 Å². The van der Waals surface area contributed by atoms with Gasteiger partial charge in [-0.15, -0.1) is 0 Å². The molecule has 0 saturated heterocycles. The second-order valence-corrected chi connectivity index (χ2v) is 5.77. The van der Waals surface area contributed by atoms with Gasteiger partial charge in [0.05, 0.1) is 12.3 Å². The van der Waals surface area contributed by atoms with Crippen LogP contribution in [0.5, 0.6) is 5.88 Å². The summed E-state index contributed by atoms with van der Waals surface area (Å²) in [5.74, 6) is 1.50. The number of hydrogen-bond acceptors (Lipinski definition) is 5. The van der Waals surface area contributed by atoms with Gasteiger partial charge in [0.25, 0.3) is 0 Å². The molecule has 2 N–H and O–H groups in total. The number of nitrogens with zero attached hydrogens (tertiary/aromatic N) is 2. The van der Waals surface area contributed by atoms with Crippen molar-refractivity contribution >= 4 is 22.8 Å². The number of nitrogen functional groups attached to an aromatic ring is 1. The van der Waals surface area contributed by atoms with Gasteiger partial charge in [-0.2, -0.15) is 16.3 Å². The molecule has 0 bridgehead atoms. The van der Waals surface area contributed by atoms with Gasteiger partial charge >= 0.3 is 0 Å². The van der Waals surface area contributed by atoms with E-state index in [1.165, 1.54) is 18.4 Å². The molecular weight excluding hydrogens is 270 g/mol. The second-order valence-electron chi connectivity index (χ2n) is 4.99. The Hall–Kier alpha value is -1.75. The lowest BCUT2D eigenvalue weighted by Gasteiger charge is -2.23. The van der Waals surface area contributed by atoms with E-state index in [1.54, 1.807) is 11.3 Å². The molecule has 20 heavy (non-hydrogen) atoms. The van der Waals surface area contributed by atoms with E-state index in [0.29, 0.717) is 24.2 Å². The number of pyridine rings is 1. The Morgan fingerprint density at radius 1 is 1.40 bits per heavy atom. The van der Waals surface area contributed by atoms with Crippen LogP contribution < -0.4 is 15.4 Å². The summed E-state index contributed by atoms with van der Waals surface area (Å²) >= 11 is 1.73. The lowest BCUT2D eigenvalue weighted by Crippen LogP contribution is -2.26. The first kappa shape index (κ1) is 13.2. The van der Waals surface area contributed by atoms with Crippen molar-refractivity contribution in [1.29, 1.82) is 0 Å². The molecular formula is C15H19N3OS. The van der Waals surface area contributed by atoms with Crippen molar-refractivity contribution in [2.24, 2.45) is 0 Å². The minimum Gasteiger partial charge on any atom is -0.476 e. The zero-order chi connectivity index (χ0) is 13.9. The minimum atomic E-state index is 0.543. The first-order valence-electron chi connectivity index (χ1n) is 6.95. The number of hydrogen-bond donors (Lipinski definition) is 1. The normalized spacial score (nSPS) is 14.2. The minimum absolute atomic E-state index is 0.543. The second kappa shape index (κ2) is 5.71. The zero-order valence-corrected chi connectivity index (χ0v) is 12.4. The van der Waals surface area contributed by atoms with E-state index in [1.807, 2.05) is 19.1 Å². The number of anilines is 2. The average molecular weight is 289 g/mol. The summed E-state index contributed by atoms with van der Waals surface area (Å²) in [7, 11) is 0. The van der Waals surface area contributed by atoms with Crippen LogP contribution in [-0.4, -0.2) is 17.6 Å². The lowest BCUT2D eigenvalue weighted by molar-refractivity contribution is 0.329. The summed E-state index contributed by atoms with van der Waals surface area (Å²) in [5.41, 5.74) is 7.83. The van der Waals surface area contributed by atoms with Crippen molar-refractivity contribution < 1.29 is 4.74 Å². The molecule has 1 fully saturated rings. The van der Waals surface area contributed by atoms with Crippen LogP contribution >= 0.6 is 11.3 Å². The first-order valence-corrected chi connectivity index (χ1v) is 7.89. The summed E-state index contributed by atoms with van der Waals surface area (Å²) in [4.78, 5) is 6.94. The fraction of sp³-hybridized carbons (Fsp3) is 0.400. The monoisotopic (exact) mass is 289 g/mol. The van der Waals surface area contributed by atoms with Crippen molar-refractivity contribution in [3.63, 3.8) is 0 Å². The van der Waals surface area contributed by atoms with Crippen LogP contribution in [0.15, 0.2) is 29.0 Å². The van der Waals surface area contributed by atoms with Gasteiger partial charge in [-0.1, -0.05) is 0 Å². The highest BCUT2D eigenvalue weighted by atomic mass is 32.1. The molecule has 0 aromatic carbocycles. The summed E-state index contributed by atoms with van der Waals surface area (Å²) in [6.07, 6.45) is 2.47. The number of nitrogens with two attached hydrogens (primary N) is 1. The largest absolute Gasteiger partial charge is 0.476 e. The third-order valence-electron chi connectivity index (χ3n) is 3.37. The molecule has 0 aliphatic heterocycles. The third-order valence-corrected chi connectivity index (χ3v) is 4.10. The van der Waals surface area contributed by atoms with Crippen molar-refractivity contribution in [1.82, 2.24) is 4.98 Å². The van der Waals surface area contributed by atoms with Crippen molar-refractivity contribution in [2.45, 2.75) is 32.4 Å². The maximum Gasteiger partial charge on any atom is 0.239 e. The van der Waals surface area contributed by atoms with Crippen molar-refractivity contribution in [2.75, 3.05) is 17.2 Å². The average Bonchev–Trinajstić information content (AvgIpc) is 3.16. The predicted molar refractivity (Wildman–Crippen MR) is 83.3 cm³/mol. The molecule has 3 rings (SSSR count). The summed E-state index contributed by atoms with van der Waals surface area (Å²) in [6.45, 7) is 3.42. The van der Waals surface area contributed by atoms with Gasteiger partial charge in [0.1, 0.15) is 5.82 Å². The molecule has 0 unspecified atom stereocenters. The van der Waals surface area contributed by atoms with E-state index in [-0.39, 0.29) is 0 Å². The Balaban J connectivity index is 1.85. The SMILES string of the molecule is CCOc1nc(N(Cc2ccsc2)C2CC2)ccc1N. The topological polar surface area (TPSA) is 51.4 Å². The van der Waals surface area contributed by atoms with Gasteiger partial charge in [-0.25, -0.2) is 0 Å². The number of thiophene rings is 1. The maximum absolute atomic E-state index is 5.90. The zero-order valence-electron chi connectivity index (χ0n) is 11.6. The van der Waals surface area contributed by atoms with Gasteiger partial charge in [-0.3, -0.25) is 0 Å². The molecule has 5 heteroatoms. The number of aromatic nitrogens is 1. The van der Waals surface area contributed by atoms with Crippen LogP contribution in [0.3, 0.4) is 0 Å².